The van der Waals surface area contributed by atoms with E-state index in [0.717, 1.165) is 12.8 Å². The van der Waals surface area contributed by atoms with E-state index in [4.69, 9.17) is 10.5 Å². The molecule has 14 heavy (non-hydrogen) atoms. The first-order valence-electron chi connectivity index (χ1n) is 5.39. The number of nitrogens with zero attached hydrogens (tertiary/aromatic N) is 2. The normalized spacial score (nSPS) is 16.4. The molecule has 3 atom stereocenters. The summed E-state index contributed by atoms with van der Waals surface area (Å²) in [7, 11) is 0. The van der Waals surface area contributed by atoms with Gasteiger partial charge in [-0.3, -0.25) is 0 Å². The lowest BCUT2D eigenvalue weighted by Crippen LogP contribution is -2.14. The summed E-state index contributed by atoms with van der Waals surface area (Å²) in [5, 5.41) is 17.2. The van der Waals surface area contributed by atoms with E-state index in [-0.39, 0.29) is 0 Å². The summed E-state index contributed by atoms with van der Waals surface area (Å²) in [4.78, 5) is 0. The summed E-state index contributed by atoms with van der Waals surface area (Å²) in [6, 6.07) is 4.43. The molecule has 0 saturated carbocycles. The molecule has 3 unspecified atom stereocenters. The van der Waals surface area contributed by atoms with Gasteiger partial charge < -0.3 is 0 Å². The Morgan fingerprint density at radius 3 is 2.07 bits per heavy atom. The molecule has 2 nitrogen and oxygen atoms in total. The second-order valence-corrected chi connectivity index (χ2v) is 4.21. The molecular formula is C12H20N2. The zero-order chi connectivity index (χ0) is 11.0. The monoisotopic (exact) mass is 192 g/mol. The van der Waals surface area contributed by atoms with Gasteiger partial charge in [-0.05, 0) is 24.2 Å². The lowest BCUT2D eigenvalue weighted by Gasteiger charge is -2.22. The summed E-state index contributed by atoms with van der Waals surface area (Å²) < 4.78 is 0. The van der Waals surface area contributed by atoms with Crippen molar-refractivity contribution in [2.45, 2.75) is 46.5 Å². The van der Waals surface area contributed by atoms with Gasteiger partial charge in [-0.15, -0.1) is 0 Å². The standard InChI is InChI=1S/C12H20N2/c1-4-12(11(3)6-8-14)9-10(2)5-7-13/h10-12H,4-6,9H2,1-3H3. The van der Waals surface area contributed by atoms with Crippen LogP contribution < -0.4 is 0 Å². The minimum atomic E-state index is 0.464. The van der Waals surface area contributed by atoms with Crippen molar-refractivity contribution in [1.82, 2.24) is 0 Å². The van der Waals surface area contributed by atoms with Crippen molar-refractivity contribution in [3.63, 3.8) is 0 Å². The fourth-order valence-corrected chi connectivity index (χ4v) is 1.87. The third kappa shape index (κ3) is 4.87. The highest BCUT2D eigenvalue weighted by Gasteiger charge is 2.17. The van der Waals surface area contributed by atoms with E-state index in [2.05, 4.69) is 32.9 Å². The zero-order valence-corrected chi connectivity index (χ0v) is 9.45. The van der Waals surface area contributed by atoms with Crippen LogP contribution in [0.25, 0.3) is 0 Å². The molecule has 0 spiro atoms. The predicted molar refractivity (Wildman–Crippen MR) is 57.2 cm³/mol. The zero-order valence-electron chi connectivity index (χ0n) is 9.45. The molecule has 0 saturated heterocycles. The molecule has 0 fully saturated rings. The van der Waals surface area contributed by atoms with Gasteiger partial charge in [0.15, 0.2) is 0 Å². The first-order chi connectivity index (χ1) is 6.65. The van der Waals surface area contributed by atoms with Crippen molar-refractivity contribution < 1.29 is 0 Å². The van der Waals surface area contributed by atoms with Crippen LogP contribution in [0.15, 0.2) is 0 Å². The number of rotatable bonds is 6. The van der Waals surface area contributed by atoms with Gasteiger partial charge in [0.2, 0.25) is 0 Å². The third-order valence-corrected chi connectivity index (χ3v) is 2.89. The molecule has 0 heterocycles. The third-order valence-electron chi connectivity index (χ3n) is 2.89. The number of hydrogen-bond acceptors (Lipinski definition) is 2. The van der Waals surface area contributed by atoms with Crippen LogP contribution in [0.2, 0.25) is 0 Å². The topological polar surface area (TPSA) is 47.6 Å². The van der Waals surface area contributed by atoms with Gasteiger partial charge in [-0.25, -0.2) is 0 Å². The number of hydrogen-bond donors (Lipinski definition) is 0. The van der Waals surface area contributed by atoms with Gasteiger partial charge in [0.05, 0.1) is 12.1 Å². The van der Waals surface area contributed by atoms with Crippen LogP contribution in [0.1, 0.15) is 46.5 Å². The van der Waals surface area contributed by atoms with Crippen molar-refractivity contribution in [3.8, 4) is 12.1 Å². The Morgan fingerprint density at radius 1 is 1.07 bits per heavy atom. The van der Waals surface area contributed by atoms with Gasteiger partial charge in [-0.2, -0.15) is 10.5 Å². The average molecular weight is 192 g/mol. The van der Waals surface area contributed by atoms with E-state index >= 15 is 0 Å². The SMILES string of the molecule is CCC(CC(C)CC#N)C(C)CC#N. The number of nitriles is 2. The second-order valence-electron chi connectivity index (χ2n) is 4.21. The van der Waals surface area contributed by atoms with Crippen LogP contribution >= 0.6 is 0 Å². The highest BCUT2D eigenvalue weighted by Crippen LogP contribution is 2.26. The first-order valence-corrected chi connectivity index (χ1v) is 5.39. The quantitative estimate of drug-likeness (QED) is 0.646. The molecule has 2 heteroatoms. The van der Waals surface area contributed by atoms with E-state index in [1.165, 1.54) is 0 Å². The van der Waals surface area contributed by atoms with Crippen LogP contribution in [0.3, 0.4) is 0 Å². The average Bonchev–Trinajstić information content (AvgIpc) is 2.15. The Bertz CT molecular complexity index is 221. The molecule has 0 aromatic heterocycles. The van der Waals surface area contributed by atoms with Crippen molar-refractivity contribution in [3.05, 3.63) is 0 Å². The predicted octanol–water partition coefficient (Wildman–Crippen LogP) is 3.50. The molecular weight excluding hydrogens is 172 g/mol. The summed E-state index contributed by atoms with van der Waals surface area (Å²) in [6.07, 6.45) is 3.46. The largest absolute Gasteiger partial charge is 0.198 e. The van der Waals surface area contributed by atoms with Gasteiger partial charge in [0, 0.05) is 12.8 Å². The maximum Gasteiger partial charge on any atom is 0.0624 e. The van der Waals surface area contributed by atoms with Crippen molar-refractivity contribution in [2.24, 2.45) is 17.8 Å². The highest BCUT2D eigenvalue weighted by atomic mass is 14.3. The minimum Gasteiger partial charge on any atom is -0.198 e. The molecule has 0 aliphatic heterocycles. The van der Waals surface area contributed by atoms with E-state index in [1.54, 1.807) is 0 Å². The van der Waals surface area contributed by atoms with E-state index in [9.17, 15) is 0 Å². The molecule has 78 valence electrons. The van der Waals surface area contributed by atoms with Gasteiger partial charge >= 0.3 is 0 Å². The van der Waals surface area contributed by atoms with E-state index in [0.29, 0.717) is 30.6 Å². The maximum atomic E-state index is 8.62. The Balaban J connectivity index is 4.03. The van der Waals surface area contributed by atoms with Gasteiger partial charge in [0.1, 0.15) is 0 Å². The van der Waals surface area contributed by atoms with Crippen LogP contribution in [0, 0.1) is 40.4 Å². The molecule has 0 aromatic carbocycles. The molecule has 0 aromatic rings. The second kappa shape index (κ2) is 7.39. The molecule has 0 amide bonds. The van der Waals surface area contributed by atoms with Crippen molar-refractivity contribution in [1.29, 1.82) is 10.5 Å². The lowest BCUT2D eigenvalue weighted by molar-refractivity contribution is 0.287. The Kier molecular flexibility index (Phi) is 6.85. The van der Waals surface area contributed by atoms with Crippen LogP contribution in [0.4, 0.5) is 0 Å². The smallest absolute Gasteiger partial charge is 0.0624 e. The Hall–Kier alpha value is -1.02. The van der Waals surface area contributed by atoms with E-state index < -0.39 is 0 Å². The van der Waals surface area contributed by atoms with E-state index in [1.807, 2.05) is 0 Å². The van der Waals surface area contributed by atoms with Crippen molar-refractivity contribution in [2.75, 3.05) is 0 Å². The van der Waals surface area contributed by atoms with Gasteiger partial charge in [0.25, 0.3) is 0 Å². The molecule has 0 aliphatic rings. The first kappa shape index (κ1) is 13.0. The fraction of sp³-hybridized carbons (Fsp3) is 0.833. The van der Waals surface area contributed by atoms with Crippen LogP contribution in [-0.2, 0) is 0 Å². The molecule has 0 aliphatic carbocycles. The van der Waals surface area contributed by atoms with Crippen LogP contribution in [-0.4, -0.2) is 0 Å². The highest BCUT2D eigenvalue weighted by molar-refractivity contribution is 4.80. The summed E-state index contributed by atoms with van der Waals surface area (Å²) >= 11 is 0. The maximum absolute atomic E-state index is 8.62. The van der Waals surface area contributed by atoms with Crippen molar-refractivity contribution >= 4 is 0 Å². The summed E-state index contributed by atoms with van der Waals surface area (Å²) in [5.74, 6) is 1.52. The molecule has 0 radical (unpaired) electrons. The lowest BCUT2D eigenvalue weighted by atomic mass is 9.82. The minimum absolute atomic E-state index is 0.464. The summed E-state index contributed by atoms with van der Waals surface area (Å²) in [5.41, 5.74) is 0. The molecule has 0 bridgehead atoms. The Labute approximate surface area is 87.5 Å². The van der Waals surface area contributed by atoms with Gasteiger partial charge in [-0.1, -0.05) is 27.2 Å². The fourth-order valence-electron chi connectivity index (χ4n) is 1.87. The summed E-state index contributed by atoms with van der Waals surface area (Å²) in [6.45, 7) is 6.42. The Morgan fingerprint density at radius 2 is 1.64 bits per heavy atom. The molecule has 0 rings (SSSR count). The molecule has 0 N–H and O–H groups in total. The van der Waals surface area contributed by atoms with Crippen LogP contribution in [0.5, 0.6) is 0 Å².